The predicted molar refractivity (Wildman–Crippen MR) is 67.8 cm³/mol. The van der Waals surface area contributed by atoms with Gasteiger partial charge in [-0.05, 0) is 31.2 Å². The molecule has 1 heterocycles. The summed E-state index contributed by atoms with van der Waals surface area (Å²) in [7, 11) is 1.57. The summed E-state index contributed by atoms with van der Waals surface area (Å²) in [6, 6.07) is 4.44. The third-order valence-corrected chi connectivity index (χ3v) is 2.70. The van der Waals surface area contributed by atoms with E-state index in [1.54, 1.807) is 24.1 Å². The highest BCUT2D eigenvalue weighted by Crippen LogP contribution is 2.30. The van der Waals surface area contributed by atoms with E-state index in [9.17, 15) is 4.39 Å². The molecule has 1 aromatic carbocycles. The highest BCUT2D eigenvalue weighted by Gasteiger charge is 2.09. The SMILES string of the molecule is COc1ccc(F)cc1-c1cnn(CCCN)c1. The van der Waals surface area contributed by atoms with Crippen molar-refractivity contribution >= 4 is 0 Å². The van der Waals surface area contributed by atoms with Gasteiger partial charge in [0.1, 0.15) is 11.6 Å². The van der Waals surface area contributed by atoms with Crippen LogP contribution in [0.4, 0.5) is 4.39 Å². The Morgan fingerprint density at radius 1 is 1.44 bits per heavy atom. The number of ether oxygens (including phenoxy) is 1. The molecule has 0 bridgehead atoms. The Bertz CT molecular complexity index is 525. The summed E-state index contributed by atoms with van der Waals surface area (Å²) in [5.74, 6) is 0.343. The first-order valence-corrected chi connectivity index (χ1v) is 5.81. The van der Waals surface area contributed by atoms with Gasteiger partial charge in [0.15, 0.2) is 0 Å². The minimum atomic E-state index is -0.291. The molecule has 18 heavy (non-hydrogen) atoms. The zero-order chi connectivity index (χ0) is 13.0. The number of nitrogens with zero attached hydrogens (tertiary/aromatic N) is 2. The number of nitrogens with two attached hydrogens (primary N) is 1. The maximum Gasteiger partial charge on any atom is 0.127 e. The Morgan fingerprint density at radius 2 is 2.28 bits per heavy atom. The van der Waals surface area contributed by atoms with E-state index in [1.807, 2.05) is 6.20 Å². The van der Waals surface area contributed by atoms with Crippen LogP contribution in [0.5, 0.6) is 5.75 Å². The van der Waals surface area contributed by atoms with Crippen molar-refractivity contribution in [3.05, 3.63) is 36.4 Å². The van der Waals surface area contributed by atoms with Crippen LogP contribution in [0.1, 0.15) is 6.42 Å². The number of rotatable bonds is 5. The van der Waals surface area contributed by atoms with Crippen LogP contribution >= 0.6 is 0 Å². The lowest BCUT2D eigenvalue weighted by Crippen LogP contribution is -2.05. The highest BCUT2D eigenvalue weighted by molar-refractivity contribution is 5.69. The van der Waals surface area contributed by atoms with E-state index in [-0.39, 0.29) is 5.82 Å². The predicted octanol–water partition coefficient (Wildman–Crippen LogP) is 2.05. The lowest BCUT2D eigenvalue weighted by Gasteiger charge is -2.06. The number of hydrogen-bond donors (Lipinski definition) is 1. The summed E-state index contributed by atoms with van der Waals surface area (Å²) in [5.41, 5.74) is 6.99. The van der Waals surface area contributed by atoms with Crippen LogP contribution in [0.25, 0.3) is 11.1 Å². The fraction of sp³-hybridized carbons (Fsp3) is 0.308. The van der Waals surface area contributed by atoms with Crippen molar-refractivity contribution in [1.82, 2.24) is 9.78 Å². The first-order valence-electron chi connectivity index (χ1n) is 5.81. The third kappa shape index (κ3) is 2.68. The van der Waals surface area contributed by atoms with Gasteiger partial charge in [0, 0.05) is 23.9 Å². The van der Waals surface area contributed by atoms with Gasteiger partial charge in [0.25, 0.3) is 0 Å². The minimum Gasteiger partial charge on any atom is -0.496 e. The number of aromatic nitrogens is 2. The second-order valence-electron chi connectivity index (χ2n) is 3.98. The molecule has 0 radical (unpaired) electrons. The molecule has 0 unspecified atom stereocenters. The average molecular weight is 249 g/mol. The molecule has 0 aliphatic rings. The molecule has 0 saturated heterocycles. The number of methoxy groups -OCH3 is 1. The molecule has 0 atom stereocenters. The van der Waals surface area contributed by atoms with Crippen LogP contribution in [0.15, 0.2) is 30.6 Å². The second kappa shape index (κ2) is 5.64. The summed E-state index contributed by atoms with van der Waals surface area (Å²) < 4.78 is 20.3. The summed E-state index contributed by atoms with van der Waals surface area (Å²) in [4.78, 5) is 0. The largest absolute Gasteiger partial charge is 0.496 e. The number of aryl methyl sites for hydroxylation is 1. The molecular weight excluding hydrogens is 233 g/mol. The van der Waals surface area contributed by atoms with Crippen LogP contribution in [0, 0.1) is 5.82 Å². The van der Waals surface area contributed by atoms with E-state index in [0.29, 0.717) is 17.9 Å². The Balaban J connectivity index is 2.30. The fourth-order valence-electron chi connectivity index (χ4n) is 1.78. The molecule has 2 aromatic rings. The fourth-order valence-corrected chi connectivity index (χ4v) is 1.78. The molecule has 1 aromatic heterocycles. The van der Waals surface area contributed by atoms with Crippen molar-refractivity contribution in [1.29, 1.82) is 0 Å². The van der Waals surface area contributed by atoms with E-state index < -0.39 is 0 Å². The molecule has 0 spiro atoms. The van der Waals surface area contributed by atoms with Crippen molar-refractivity contribution in [3.8, 4) is 16.9 Å². The van der Waals surface area contributed by atoms with Gasteiger partial charge in [-0.15, -0.1) is 0 Å². The van der Waals surface area contributed by atoms with Crippen molar-refractivity contribution < 1.29 is 9.13 Å². The monoisotopic (exact) mass is 249 g/mol. The van der Waals surface area contributed by atoms with Gasteiger partial charge in [0.2, 0.25) is 0 Å². The molecule has 4 nitrogen and oxygen atoms in total. The summed E-state index contributed by atoms with van der Waals surface area (Å²) in [5, 5.41) is 4.22. The van der Waals surface area contributed by atoms with Gasteiger partial charge in [-0.1, -0.05) is 0 Å². The first-order chi connectivity index (χ1) is 8.74. The normalized spacial score (nSPS) is 10.6. The first kappa shape index (κ1) is 12.6. The quantitative estimate of drug-likeness (QED) is 0.882. The lowest BCUT2D eigenvalue weighted by molar-refractivity contribution is 0.415. The molecule has 5 heteroatoms. The van der Waals surface area contributed by atoms with Gasteiger partial charge >= 0.3 is 0 Å². The van der Waals surface area contributed by atoms with Crippen molar-refractivity contribution in [2.75, 3.05) is 13.7 Å². The summed E-state index contributed by atoms with van der Waals surface area (Å²) in [6.45, 7) is 1.38. The van der Waals surface area contributed by atoms with E-state index in [2.05, 4.69) is 5.10 Å². The van der Waals surface area contributed by atoms with Crippen LogP contribution in [0.2, 0.25) is 0 Å². The molecule has 0 aliphatic carbocycles. The standard InChI is InChI=1S/C13H16FN3O/c1-18-13-4-3-11(14)7-12(13)10-8-16-17(9-10)6-2-5-15/h3-4,7-9H,2,5-6,15H2,1H3. The minimum absolute atomic E-state index is 0.291. The molecule has 0 fully saturated rings. The van der Waals surface area contributed by atoms with Crippen LogP contribution in [-0.4, -0.2) is 23.4 Å². The molecule has 0 saturated carbocycles. The summed E-state index contributed by atoms with van der Waals surface area (Å²) >= 11 is 0. The number of hydrogen-bond acceptors (Lipinski definition) is 3. The summed E-state index contributed by atoms with van der Waals surface area (Å²) in [6.07, 6.45) is 4.43. The molecule has 0 aliphatic heterocycles. The third-order valence-electron chi connectivity index (χ3n) is 2.70. The van der Waals surface area contributed by atoms with Gasteiger partial charge in [0.05, 0.1) is 13.3 Å². The van der Waals surface area contributed by atoms with Crippen LogP contribution in [-0.2, 0) is 6.54 Å². The molecule has 96 valence electrons. The Labute approximate surface area is 105 Å². The number of halogens is 1. The maximum absolute atomic E-state index is 13.3. The van der Waals surface area contributed by atoms with E-state index in [4.69, 9.17) is 10.5 Å². The Hall–Kier alpha value is -1.88. The van der Waals surface area contributed by atoms with Crippen LogP contribution < -0.4 is 10.5 Å². The van der Waals surface area contributed by atoms with Crippen molar-refractivity contribution in [3.63, 3.8) is 0 Å². The average Bonchev–Trinajstić information content (AvgIpc) is 2.85. The van der Waals surface area contributed by atoms with Crippen LogP contribution in [0.3, 0.4) is 0 Å². The highest BCUT2D eigenvalue weighted by atomic mass is 19.1. The van der Waals surface area contributed by atoms with Gasteiger partial charge in [-0.2, -0.15) is 5.10 Å². The number of benzene rings is 1. The van der Waals surface area contributed by atoms with Gasteiger partial charge < -0.3 is 10.5 Å². The topological polar surface area (TPSA) is 53.1 Å². The van der Waals surface area contributed by atoms with Crippen molar-refractivity contribution in [2.45, 2.75) is 13.0 Å². The Morgan fingerprint density at radius 3 is 3.00 bits per heavy atom. The van der Waals surface area contributed by atoms with E-state index >= 15 is 0 Å². The van der Waals surface area contributed by atoms with Gasteiger partial charge in [-0.25, -0.2) is 4.39 Å². The molecule has 0 amide bonds. The van der Waals surface area contributed by atoms with E-state index in [1.165, 1.54) is 12.1 Å². The van der Waals surface area contributed by atoms with E-state index in [0.717, 1.165) is 18.5 Å². The molecule has 2 rings (SSSR count). The Kier molecular flexibility index (Phi) is 3.94. The smallest absolute Gasteiger partial charge is 0.127 e. The van der Waals surface area contributed by atoms with Crippen molar-refractivity contribution in [2.24, 2.45) is 5.73 Å². The lowest BCUT2D eigenvalue weighted by atomic mass is 10.1. The molecular formula is C13H16FN3O. The maximum atomic E-state index is 13.3. The van der Waals surface area contributed by atoms with Gasteiger partial charge in [-0.3, -0.25) is 4.68 Å². The zero-order valence-electron chi connectivity index (χ0n) is 10.3. The zero-order valence-corrected chi connectivity index (χ0v) is 10.3. The molecule has 2 N–H and O–H groups in total. The second-order valence-corrected chi connectivity index (χ2v) is 3.98.